The lowest BCUT2D eigenvalue weighted by Gasteiger charge is -2.22. The fraction of sp³-hybridized carbons (Fsp3) is 0.211. The lowest BCUT2D eigenvalue weighted by molar-refractivity contribution is 0.239. The Morgan fingerprint density at radius 1 is 0.818 bits per heavy atom. The molecule has 112 valence electrons. The maximum absolute atomic E-state index is 4.46. The van der Waals surface area contributed by atoms with Gasteiger partial charge in [0.25, 0.3) is 0 Å². The second-order valence-corrected chi connectivity index (χ2v) is 5.57. The van der Waals surface area contributed by atoms with Crippen molar-refractivity contribution in [2.45, 2.75) is 19.6 Å². The molecule has 2 aromatic carbocycles. The summed E-state index contributed by atoms with van der Waals surface area (Å²) >= 11 is 0. The van der Waals surface area contributed by atoms with Crippen LogP contribution in [-0.2, 0) is 26.7 Å². The van der Waals surface area contributed by atoms with Gasteiger partial charge in [-0.25, -0.2) is 4.98 Å². The van der Waals surface area contributed by atoms with Crippen molar-refractivity contribution < 1.29 is 0 Å². The van der Waals surface area contributed by atoms with Crippen LogP contribution in [0.4, 0.5) is 0 Å². The summed E-state index contributed by atoms with van der Waals surface area (Å²) in [5.74, 6) is 1.09. The van der Waals surface area contributed by atoms with E-state index in [1.807, 2.05) is 19.4 Å². The molecule has 0 atom stereocenters. The van der Waals surface area contributed by atoms with Gasteiger partial charge in [-0.15, -0.1) is 0 Å². The molecule has 3 rings (SSSR count). The molecular formula is C19H21N3. The van der Waals surface area contributed by atoms with Gasteiger partial charge in [-0.1, -0.05) is 60.7 Å². The Morgan fingerprint density at radius 2 is 1.36 bits per heavy atom. The number of benzene rings is 2. The van der Waals surface area contributed by atoms with E-state index in [9.17, 15) is 0 Å². The Bertz CT molecular complexity index is 647. The van der Waals surface area contributed by atoms with Gasteiger partial charge < -0.3 is 4.57 Å². The van der Waals surface area contributed by atoms with Gasteiger partial charge >= 0.3 is 0 Å². The highest BCUT2D eigenvalue weighted by atomic mass is 15.2. The van der Waals surface area contributed by atoms with E-state index < -0.39 is 0 Å². The van der Waals surface area contributed by atoms with Crippen molar-refractivity contribution in [2.24, 2.45) is 7.05 Å². The van der Waals surface area contributed by atoms with Crippen molar-refractivity contribution in [3.63, 3.8) is 0 Å². The fourth-order valence-corrected chi connectivity index (χ4v) is 2.60. The molecule has 3 nitrogen and oxygen atoms in total. The predicted molar refractivity (Wildman–Crippen MR) is 89.0 cm³/mol. The van der Waals surface area contributed by atoms with Crippen molar-refractivity contribution in [3.05, 3.63) is 90.0 Å². The second-order valence-electron chi connectivity index (χ2n) is 5.57. The fourth-order valence-electron chi connectivity index (χ4n) is 2.60. The number of hydrogen-bond acceptors (Lipinski definition) is 2. The van der Waals surface area contributed by atoms with Crippen LogP contribution in [0.15, 0.2) is 73.1 Å². The van der Waals surface area contributed by atoms with Crippen molar-refractivity contribution in [3.8, 4) is 0 Å². The van der Waals surface area contributed by atoms with Gasteiger partial charge in [-0.05, 0) is 11.1 Å². The molecule has 0 radical (unpaired) electrons. The topological polar surface area (TPSA) is 21.1 Å². The normalized spacial score (nSPS) is 11.0. The molecule has 3 aromatic rings. The molecule has 0 spiro atoms. The Morgan fingerprint density at radius 3 is 1.82 bits per heavy atom. The summed E-state index contributed by atoms with van der Waals surface area (Å²) in [5, 5.41) is 0. The van der Waals surface area contributed by atoms with Crippen molar-refractivity contribution in [1.29, 1.82) is 0 Å². The minimum absolute atomic E-state index is 0.841. The van der Waals surface area contributed by atoms with Crippen molar-refractivity contribution >= 4 is 0 Å². The Balaban J connectivity index is 1.77. The van der Waals surface area contributed by atoms with Crippen LogP contribution in [-0.4, -0.2) is 14.5 Å². The van der Waals surface area contributed by atoms with Gasteiger partial charge in [-0.3, -0.25) is 4.90 Å². The van der Waals surface area contributed by atoms with Gasteiger partial charge in [0.2, 0.25) is 0 Å². The number of rotatable bonds is 6. The van der Waals surface area contributed by atoms with Gasteiger partial charge in [0, 0.05) is 32.5 Å². The molecule has 1 aromatic heterocycles. The molecule has 0 N–H and O–H groups in total. The van der Waals surface area contributed by atoms with E-state index in [-0.39, 0.29) is 0 Å². The smallest absolute Gasteiger partial charge is 0.122 e. The first-order valence-corrected chi connectivity index (χ1v) is 7.57. The molecule has 1 heterocycles. The van der Waals surface area contributed by atoms with E-state index in [0.717, 1.165) is 25.5 Å². The molecular weight excluding hydrogens is 270 g/mol. The van der Waals surface area contributed by atoms with E-state index in [1.54, 1.807) is 0 Å². The molecule has 0 bridgehead atoms. The van der Waals surface area contributed by atoms with Crippen LogP contribution in [0.5, 0.6) is 0 Å². The Hall–Kier alpha value is -2.39. The standard InChI is InChI=1S/C19H21N3/c1-21-13-12-20-19(21)16-22(14-17-8-4-2-5-9-17)15-18-10-6-3-7-11-18/h2-13H,14-16H2,1H3. The average molecular weight is 291 g/mol. The Labute approximate surface area is 131 Å². The Kier molecular flexibility index (Phi) is 4.66. The summed E-state index contributed by atoms with van der Waals surface area (Å²) in [6, 6.07) is 21.2. The maximum atomic E-state index is 4.46. The van der Waals surface area contributed by atoms with Crippen LogP contribution in [0, 0.1) is 0 Å². The van der Waals surface area contributed by atoms with Gasteiger partial charge in [0.1, 0.15) is 5.82 Å². The highest BCUT2D eigenvalue weighted by molar-refractivity contribution is 5.17. The summed E-state index contributed by atoms with van der Waals surface area (Å²) in [5.41, 5.74) is 2.65. The summed E-state index contributed by atoms with van der Waals surface area (Å²) < 4.78 is 2.09. The summed E-state index contributed by atoms with van der Waals surface area (Å²) in [6.07, 6.45) is 3.86. The zero-order valence-corrected chi connectivity index (χ0v) is 12.9. The first kappa shape index (κ1) is 14.5. The highest BCUT2D eigenvalue weighted by Gasteiger charge is 2.10. The zero-order chi connectivity index (χ0) is 15.2. The van der Waals surface area contributed by atoms with Crippen LogP contribution >= 0.6 is 0 Å². The van der Waals surface area contributed by atoms with Crippen LogP contribution < -0.4 is 0 Å². The van der Waals surface area contributed by atoms with Crippen molar-refractivity contribution in [2.75, 3.05) is 0 Å². The van der Waals surface area contributed by atoms with E-state index in [4.69, 9.17) is 0 Å². The zero-order valence-electron chi connectivity index (χ0n) is 12.9. The third kappa shape index (κ3) is 3.83. The second kappa shape index (κ2) is 7.05. The number of imidazole rings is 1. The van der Waals surface area contributed by atoms with E-state index in [0.29, 0.717) is 0 Å². The molecule has 0 unspecified atom stereocenters. The number of aromatic nitrogens is 2. The average Bonchev–Trinajstić information content (AvgIpc) is 2.94. The number of aryl methyl sites for hydroxylation is 1. The van der Waals surface area contributed by atoms with Gasteiger partial charge in [0.15, 0.2) is 0 Å². The molecule has 3 heteroatoms. The molecule has 22 heavy (non-hydrogen) atoms. The maximum Gasteiger partial charge on any atom is 0.122 e. The number of hydrogen-bond donors (Lipinski definition) is 0. The lowest BCUT2D eigenvalue weighted by atomic mass is 10.1. The minimum atomic E-state index is 0.841. The van der Waals surface area contributed by atoms with Crippen molar-refractivity contribution in [1.82, 2.24) is 14.5 Å². The summed E-state index contributed by atoms with van der Waals surface area (Å²) in [6.45, 7) is 2.68. The third-order valence-electron chi connectivity index (χ3n) is 3.78. The first-order valence-electron chi connectivity index (χ1n) is 7.57. The van der Waals surface area contributed by atoms with Crippen LogP contribution in [0.2, 0.25) is 0 Å². The molecule has 0 aliphatic carbocycles. The van der Waals surface area contributed by atoms with Gasteiger partial charge in [0.05, 0.1) is 6.54 Å². The van der Waals surface area contributed by atoms with E-state index in [2.05, 4.69) is 75.1 Å². The molecule has 0 amide bonds. The van der Waals surface area contributed by atoms with Crippen LogP contribution in [0.1, 0.15) is 17.0 Å². The van der Waals surface area contributed by atoms with Crippen LogP contribution in [0.3, 0.4) is 0 Å². The largest absolute Gasteiger partial charge is 0.337 e. The molecule has 0 aliphatic heterocycles. The van der Waals surface area contributed by atoms with Gasteiger partial charge in [-0.2, -0.15) is 0 Å². The predicted octanol–water partition coefficient (Wildman–Crippen LogP) is 3.62. The van der Waals surface area contributed by atoms with E-state index in [1.165, 1.54) is 11.1 Å². The number of nitrogens with zero attached hydrogens (tertiary/aromatic N) is 3. The highest BCUT2D eigenvalue weighted by Crippen LogP contribution is 2.13. The first-order chi connectivity index (χ1) is 10.8. The van der Waals surface area contributed by atoms with E-state index >= 15 is 0 Å². The molecule has 0 saturated carbocycles. The monoisotopic (exact) mass is 291 g/mol. The summed E-state index contributed by atoms with van der Waals surface area (Å²) in [7, 11) is 2.05. The lowest BCUT2D eigenvalue weighted by Crippen LogP contribution is -2.24. The minimum Gasteiger partial charge on any atom is -0.337 e. The quantitative estimate of drug-likeness (QED) is 0.691. The third-order valence-corrected chi connectivity index (χ3v) is 3.78. The molecule has 0 saturated heterocycles. The summed E-state index contributed by atoms with van der Waals surface area (Å²) in [4.78, 5) is 6.88. The SMILES string of the molecule is Cn1ccnc1CN(Cc1ccccc1)Cc1ccccc1. The molecule has 0 aliphatic rings. The van der Waals surface area contributed by atoms with Crippen LogP contribution in [0.25, 0.3) is 0 Å². The molecule has 0 fully saturated rings.